The van der Waals surface area contributed by atoms with Gasteiger partial charge in [-0.05, 0) is 112 Å². The van der Waals surface area contributed by atoms with E-state index in [4.69, 9.17) is 17.5 Å². The highest BCUT2D eigenvalue weighted by Crippen LogP contribution is 2.67. The van der Waals surface area contributed by atoms with Crippen LogP contribution in [0, 0.1) is 40.4 Å². The molecule has 0 amide bonds. The molecule has 4 aliphatic rings. The Morgan fingerprint density at radius 3 is 2.38 bits per heavy atom. The van der Waals surface area contributed by atoms with Crippen LogP contribution < -0.4 is 0 Å². The van der Waals surface area contributed by atoms with E-state index in [1.54, 1.807) is 13.8 Å². The Hall–Kier alpha value is -0.520. The molecular weight excluding hydrogens is 516 g/mol. The second-order valence-corrected chi connectivity index (χ2v) is 15.6. The van der Waals surface area contributed by atoms with Crippen molar-refractivity contribution in [1.29, 1.82) is 0 Å². The van der Waals surface area contributed by atoms with Gasteiger partial charge in [-0.2, -0.15) is 16.8 Å². The van der Waals surface area contributed by atoms with Crippen molar-refractivity contribution in [1.82, 2.24) is 0 Å². The van der Waals surface area contributed by atoms with Gasteiger partial charge in [0.1, 0.15) is 0 Å². The predicted octanol–water partition coefficient (Wildman–Crippen LogP) is 6.16. The molecule has 0 heterocycles. The summed E-state index contributed by atoms with van der Waals surface area (Å²) in [6.07, 6.45) is 12.4. The van der Waals surface area contributed by atoms with E-state index in [9.17, 15) is 16.8 Å². The zero-order chi connectivity index (χ0) is 27.4. The van der Waals surface area contributed by atoms with E-state index in [2.05, 4.69) is 26.8 Å². The molecule has 10 heteroatoms. The number of rotatable bonds is 9. The van der Waals surface area contributed by atoms with E-state index in [1.807, 2.05) is 0 Å². The molecule has 37 heavy (non-hydrogen) atoms. The zero-order valence-corrected chi connectivity index (χ0v) is 24.6. The van der Waals surface area contributed by atoms with Crippen molar-refractivity contribution >= 4 is 20.8 Å². The molecule has 4 aliphatic carbocycles. The fraction of sp³-hybridized carbons (Fsp3) is 0.926. The van der Waals surface area contributed by atoms with Gasteiger partial charge in [0, 0.05) is 0 Å². The predicted molar refractivity (Wildman–Crippen MR) is 141 cm³/mol. The molecular formula is C27H46O8S2. The number of hydrogen-bond donors (Lipinski definition) is 2. The molecule has 2 N–H and O–H groups in total. The van der Waals surface area contributed by atoms with E-state index < -0.39 is 32.5 Å². The van der Waals surface area contributed by atoms with E-state index in [0.717, 1.165) is 25.7 Å². The highest BCUT2D eigenvalue weighted by Gasteiger charge is 2.59. The van der Waals surface area contributed by atoms with Gasteiger partial charge in [-0.1, -0.05) is 45.3 Å². The third kappa shape index (κ3) is 6.30. The first kappa shape index (κ1) is 29.5. The molecule has 0 aliphatic heterocycles. The first-order valence-corrected chi connectivity index (χ1v) is 16.7. The maximum atomic E-state index is 11.3. The summed E-state index contributed by atoms with van der Waals surface area (Å²) in [6.45, 7) is 10.6. The number of allylic oxidation sites excluding steroid dienone is 1. The number of hydrogen-bond acceptors (Lipinski definition) is 6. The van der Waals surface area contributed by atoms with E-state index in [0.29, 0.717) is 54.3 Å². The molecule has 0 aromatic heterocycles. The van der Waals surface area contributed by atoms with Gasteiger partial charge in [0.25, 0.3) is 0 Å². The van der Waals surface area contributed by atoms with Crippen LogP contribution >= 0.6 is 0 Å². The summed E-state index contributed by atoms with van der Waals surface area (Å²) in [4.78, 5) is 0. The zero-order valence-electron chi connectivity index (χ0n) is 23.0. The van der Waals surface area contributed by atoms with E-state index in [-0.39, 0.29) is 5.41 Å². The van der Waals surface area contributed by atoms with Crippen molar-refractivity contribution in [2.45, 2.75) is 117 Å². The Morgan fingerprint density at radius 1 is 1.03 bits per heavy atom. The Balaban J connectivity index is 1.41. The lowest BCUT2D eigenvalue weighted by atomic mass is 9.47. The van der Waals surface area contributed by atoms with Crippen molar-refractivity contribution in [2.24, 2.45) is 40.4 Å². The molecule has 8 nitrogen and oxygen atoms in total. The van der Waals surface area contributed by atoms with Gasteiger partial charge in [0.05, 0.1) is 11.7 Å². The quantitative estimate of drug-likeness (QED) is 0.253. The Morgan fingerprint density at radius 2 is 1.73 bits per heavy atom. The third-order valence-electron chi connectivity index (χ3n) is 10.8. The third-order valence-corrected chi connectivity index (χ3v) is 12.0. The molecule has 0 saturated heterocycles. The summed E-state index contributed by atoms with van der Waals surface area (Å²) in [5.74, 6) is 3.10. The molecule has 3 saturated carbocycles. The Labute approximate surface area is 223 Å². The van der Waals surface area contributed by atoms with Gasteiger partial charge >= 0.3 is 20.8 Å². The molecule has 214 valence electrons. The Bertz CT molecular complexity index is 1100. The molecule has 0 spiro atoms. The maximum absolute atomic E-state index is 11.3. The molecule has 0 unspecified atom stereocenters. The van der Waals surface area contributed by atoms with Crippen LogP contribution in [0.15, 0.2) is 11.6 Å². The van der Waals surface area contributed by atoms with Crippen molar-refractivity contribution in [2.75, 3.05) is 0 Å². The summed E-state index contributed by atoms with van der Waals surface area (Å²) in [7, 11) is -8.89. The van der Waals surface area contributed by atoms with Crippen molar-refractivity contribution in [3.8, 4) is 0 Å². The molecule has 0 aromatic rings. The van der Waals surface area contributed by atoms with Crippen LogP contribution in [0.5, 0.6) is 0 Å². The lowest BCUT2D eigenvalue weighted by Crippen LogP contribution is -2.51. The highest BCUT2D eigenvalue weighted by atomic mass is 32.3. The van der Waals surface area contributed by atoms with Crippen molar-refractivity contribution in [3.05, 3.63) is 11.6 Å². The van der Waals surface area contributed by atoms with E-state index in [1.165, 1.54) is 31.3 Å². The molecule has 0 radical (unpaired) electrons. The normalized spacial score (nSPS) is 39.3. The van der Waals surface area contributed by atoms with Gasteiger partial charge in [-0.15, -0.1) is 0 Å². The number of fused-ring (bicyclic) bond motifs is 5. The minimum atomic E-state index is -4.46. The molecule has 0 aromatic carbocycles. The average Bonchev–Trinajstić information content (AvgIpc) is 3.08. The van der Waals surface area contributed by atoms with Crippen LogP contribution in [-0.4, -0.2) is 37.6 Å². The summed E-state index contributed by atoms with van der Waals surface area (Å²) < 4.78 is 72.8. The molecule has 8 atom stereocenters. The van der Waals surface area contributed by atoms with Crippen LogP contribution in [0.1, 0.15) is 105 Å². The van der Waals surface area contributed by atoms with Gasteiger partial charge in [0.2, 0.25) is 0 Å². The summed E-state index contributed by atoms with van der Waals surface area (Å²) >= 11 is 0. The fourth-order valence-electron chi connectivity index (χ4n) is 9.23. The highest BCUT2D eigenvalue weighted by molar-refractivity contribution is 7.81. The first-order chi connectivity index (χ1) is 16.9. The standard InChI is InChI=1S/C27H46O8S2/c1-18(7-6-14-25(2,3)35-37(31,32)33)22-10-11-23-21-9-8-19-17-20(34-36(28,29)30)12-15-26(19,4)24(21)13-16-27(22,23)5/h8,18,20-24H,6-7,9-17H2,1-5H3,(H,28,29,30)(H,31,32,33)/t18-,20-,21-,22+,23-,24-,26-,27+/m0/s1. The first-order valence-electron chi connectivity index (χ1n) is 14.0. The monoisotopic (exact) mass is 562 g/mol. The Kier molecular flexibility index (Phi) is 8.08. The molecule has 3 fully saturated rings. The van der Waals surface area contributed by atoms with Crippen LogP contribution in [0.25, 0.3) is 0 Å². The summed E-state index contributed by atoms with van der Waals surface area (Å²) in [5.41, 5.74) is 0.773. The van der Waals surface area contributed by atoms with Gasteiger partial charge < -0.3 is 0 Å². The minimum absolute atomic E-state index is 0.0751. The second kappa shape index (κ2) is 10.1. The molecule has 4 rings (SSSR count). The van der Waals surface area contributed by atoms with Gasteiger partial charge in [-0.3, -0.25) is 9.11 Å². The van der Waals surface area contributed by atoms with Crippen LogP contribution in [0.2, 0.25) is 0 Å². The lowest BCUT2D eigenvalue weighted by Gasteiger charge is -2.58. The topological polar surface area (TPSA) is 127 Å². The molecule has 0 bridgehead atoms. The van der Waals surface area contributed by atoms with Crippen molar-refractivity contribution in [3.63, 3.8) is 0 Å². The largest absolute Gasteiger partial charge is 0.397 e. The minimum Gasteiger partial charge on any atom is -0.264 e. The van der Waals surface area contributed by atoms with Crippen LogP contribution in [0.4, 0.5) is 0 Å². The van der Waals surface area contributed by atoms with Crippen LogP contribution in [0.3, 0.4) is 0 Å². The second-order valence-electron chi connectivity index (χ2n) is 13.5. The smallest absolute Gasteiger partial charge is 0.264 e. The fourth-order valence-corrected chi connectivity index (χ4v) is 10.4. The maximum Gasteiger partial charge on any atom is 0.397 e. The average molecular weight is 563 g/mol. The van der Waals surface area contributed by atoms with Crippen molar-refractivity contribution < 1.29 is 34.3 Å². The van der Waals surface area contributed by atoms with Crippen LogP contribution in [-0.2, 0) is 29.2 Å². The lowest BCUT2D eigenvalue weighted by molar-refractivity contribution is -0.0562. The van der Waals surface area contributed by atoms with Gasteiger partial charge in [0.15, 0.2) is 0 Å². The van der Waals surface area contributed by atoms with E-state index >= 15 is 0 Å². The summed E-state index contributed by atoms with van der Waals surface area (Å²) in [5, 5.41) is 0. The summed E-state index contributed by atoms with van der Waals surface area (Å²) in [6, 6.07) is 0. The SMILES string of the molecule is C[C@@H](CCCC(C)(C)OS(=O)(=O)O)[C@H]1CC[C@H]2[C@@H]3CC=C4C[C@@H](OS(=O)(=O)O)CC[C@]4(C)[C@H]3CC[C@]12C. The van der Waals surface area contributed by atoms with Gasteiger partial charge in [-0.25, -0.2) is 8.37 Å².